The predicted molar refractivity (Wildman–Crippen MR) is 123 cm³/mol. The third-order valence-electron chi connectivity index (χ3n) is 4.72. The molecule has 2 N–H and O–H groups in total. The van der Waals surface area contributed by atoms with Gasteiger partial charge in [-0.25, -0.2) is 14.5 Å². The number of aromatic nitrogens is 2. The van der Waals surface area contributed by atoms with Crippen LogP contribution in [0.2, 0.25) is 0 Å². The highest BCUT2D eigenvalue weighted by molar-refractivity contribution is 5.96. The van der Waals surface area contributed by atoms with E-state index >= 15 is 0 Å². The van der Waals surface area contributed by atoms with Gasteiger partial charge in [0.15, 0.2) is 0 Å². The first-order valence-electron chi connectivity index (χ1n) is 10.2. The summed E-state index contributed by atoms with van der Waals surface area (Å²) in [7, 11) is 0. The summed E-state index contributed by atoms with van der Waals surface area (Å²) in [4.78, 5) is 24.1. The molecule has 4 rings (SSSR count). The molecule has 0 spiro atoms. The lowest BCUT2D eigenvalue weighted by molar-refractivity contribution is -0.120. The second-order valence-electron chi connectivity index (χ2n) is 7.06. The molecular weight excluding hydrogens is 421 g/mol. The minimum absolute atomic E-state index is 0.258. The summed E-state index contributed by atoms with van der Waals surface area (Å²) in [6.07, 6.45) is 3.33. The van der Waals surface area contributed by atoms with E-state index in [0.29, 0.717) is 11.3 Å². The van der Waals surface area contributed by atoms with Crippen LogP contribution < -0.4 is 10.7 Å². The van der Waals surface area contributed by atoms with Gasteiger partial charge in [-0.3, -0.25) is 9.59 Å². The lowest BCUT2D eigenvalue weighted by Crippen LogP contribution is -2.34. The Hall–Kier alpha value is -4.59. The molecule has 0 radical (unpaired) electrons. The SMILES string of the molecule is O=C(CNC(=O)c1ccc(F)cc1)N/N=C/c1cn(-c2ccccc2)nc1-c1ccccc1. The molecule has 0 aliphatic rings. The van der Waals surface area contributed by atoms with Crippen LogP contribution in [0.3, 0.4) is 0 Å². The fourth-order valence-corrected chi connectivity index (χ4v) is 3.09. The van der Waals surface area contributed by atoms with Crippen LogP contribution in [0.1, 0.15) is 15.9 Å². The zero-order valence-electron chi connectivity index (χ0n) is 17.5. The summed E-state index contributed by atoms with van der Waals surface area (Å²) in [5.74, 6) is -1.42. The van der Waals surface area contributed by atoms with Crippen molar-refractivity contribution in [2.45, 2.75) is 0 Å². The Morgan fingerprint density at radius 2 is 1.61 bits per heavy atom. The number of hydrogen-bond acceptors (Lipinski definition) is 4. The highest BCUT2D eigenvalue weighted by Crippen LogP contribution is 2.22. The number of carbonyl (C=O) groups is 2. The van der Waals surface area contributed by atoms with E-state index in [2.05, 4.69) is 20.9 Å². The third kappa shape index (κ3) is 5.56. The Labute approximate surface area is 189 Å². The van der Waals surface area contributed by atoms with E-state index in [1.54, 1.807) is 4.68 Å². The van der Waals surface area contributed by atoms with Crippen LogP contribution in [-0.4, -0.2) is 34.4 Å². The summed E-state index contributed by atoms with van der Waals surface area (Å²) in [6.45, 7) is -0.275. The molecule has 0 fully saturated rings. The molecule has 3 aromatic carbocycles. The first-order chi connectivity index (χ1) is 16.1. The highest BCUT2D eigenvalue weighted by atomic mass is 19.1. The number of benzene rings is 3. The van der Waals surface area contributed by atoms with Gasteiger partial charge in [0.05, 0.1) is 18.4 Å². The van der Waals surface area contributed by atoms with E-state index < -0.39 is 17.6 Å². The Morgan fingerprint density at radius 1 is 0.939 bits per heavy atom. The first-order valence-corrected chi connectivity index (χ1v) is 10.2. The number of halogens is 1. The van der Waals surface area contributed by atoms with Gasteiger partial charge in [0.25, 0.3) is 11.8 Å². The molecule has 33 heavy (non-hydrogen) atoms. The molecule has 2 amide bonds. The molecule has 0 aliphatic heterocycles. The zero-order valence-corrected chi connectivity index (χ0v) is 17.5. The van der Waals surface area contributed by atoms with E-state index in [0.717, 1.165) is 11.3 Å². The normalized spacial score (nSPS) is 10.8. The van der Waals surface area contributed by atoms with Gasteiger partial charge in [0.2, 0.25) is 0 Å². The number of amides is 2. The lowest BCUT2D eigenvalue weighted by Gasteiger charge is -2.04. The summed E-state index contributed by atoms with van der Waals surface area (Å²) < 4.78 is 14.7. The molecule has 0 bridgehead atoms. The van der Waals surface area contributed by atoms with Crippen molar-refractivity contribution in [1.82, 2.24) is 20.5 Å². The van der Waals surface area contributed by atoms with Gasteiger partial charge >= 0.3 is 0 Å². The summed E-state index contributed by atoms with van der Waals surface area (Å²) in [5, 5.41) is 11.2. The minimum Gasteiger partial charge on any atom is -0.343 e. The molecular formula is C25H20FN5O2. The smallest absolute Gasteiger partial charge is 0.259 e. The van der Waals surface area contributed by atoms with Gasteiger partial charge in [-0.15, -0.1) is 0 Å². The maximum absolute atomic E-state index is 13.0. The molecule has 1 heterocycles. The fourth-order valence-electron chi connectivity index (χ4n) is 3.09. The molecule has 0 saturated heterocycles. The molecule has 164 valence electrons. The van der Waals surface area contributed by atoms with E-state index in [1.807, 2.05) is 66.9 Å². The highest BCUT2D eigenvalue weighted by Gasteiger charge is 2.11. The van der Waals surface area contributed by atoms with Crippen molar-refractivity contribution in [3.63, 3.8) is 0 Å². The maximum atomic E-state index is 13.0. The van der Waals surface area contributed by atoms with Crippen LogP contribution in [0, 0.1) is 5.82 Å². The van der Waals surface area contributed by atoms with Gasteiger partial charge in [0, 0.05) is 22.9 Å². The van der Waals surface area contributed by atoms with Crippen LogP contribution in [0.25, 0.3) is 16.9 Å². The van der Waals surface area contributed by atoms with Gasteiger partial charge in [-0.1, -0.05) is 48.5 Å². The van der Waals surface area contributed by atoms with Crippen molar-refractivity contribution in [3.05, 3.63) is 108 Å². The minimum atomic E-state index is -0.501. The van der Waals surface area contributed by atoms with Gasteiger partial charge in [0.1, 0.15) is 11.5 Å². The molecule has 8 heteroatoms. The molecule has 1 aromatic heterocycles. The lowest BCUT2D eigenvalue weighted by atomic mass is 10.1. The average molecular weight is 441 g/mol. The van der Waals surface area contributed by atoms with Crippen molar-refractivity contribution >= 4 is 18.0 Å². The topological polar surface area (TPSA) is 88.4 Å². The number of hydrogen-bond donors (Lipinski definition) is 2. The Bertz CT molecular complexity index is 1270. The number of nitrogens with zero attached hydrogens (tertiary/aromatic N) is 3. The largest absolute Gasteiger partial charge is 0.343 e. The standard InChI is InChI=1S/C25H20FN5O2/c26-21-13-11-19(12-14-21)25(33)27-16-23(32)29-28-15-20-17-31(22-9-5-2-6-10-22)30-24(20)18-7-3-1-4-8-18/h1-15,17H,16H2,(H,27,33)(H,29,32)/b28-15+. The van der Waals surface area contributed by atoms with Crippen LogP contribution in [0.5, 0.6) is 0 Å². The predicted octanol–water partition coefficient (Wildman–Crippen LogP) is 3.56. The average Bonchev–Trinajstić information content (AvgIpc) is 3.28. The first kappa shape index (κ1) is 21.6. The molecule has 7 nitrogen and oxygen atoms in total. The number of para-hydroxylation sites is 1. The van der Waals surface area contributed by atoms with Crippen LogP contribution in [-0.2, 0) is 4.79 Å². The molecule has 0 unspecified atom stereocenters. The number of nitrogens with one attached hydrogen (secondary N) is 2. The monoisotopic (exact) mass is 441 g/mol. The van der Waals surface area contributed by atoms with Crippen LogP contribution in [0.4, 0.5) is 4.39 Å². The number of carbonyl (C=O) groups excluding carboxylic acids is 2. The van der Waals surface area contributed by atoms with E-state index in [4.69, 9.17) is 0 Å². The summed E-state index contributed by atoms with van der Waals surface area (Å²) >= 11 is 0. The van der Waals surface area contributed by atoms with Gasteiger partial charge in [-0.2, -0.15) is 10.2 Å². The van der Waals surface area contributed by atoms with Crippen LogP contribution in [0.15, 0.2) is 96.2 Å². The Balaban J connectivity index is 1.43. The quantitative estimate of drug-likeness (QED) is 0.340. The summed E-state index contributed by atoms with van der Waals surface area (Å²) in [6, 6.07) is 24.3. The molecule has 0 aliphatic carbocycles. The molecule has 4 aromatic rings. The number of hydrazone groups is 1. The third-order valence-corrected chi connectivity index (χ3v) is 4.72. The van der Waals surface area contributed by atoms with E-state index in [-0.39, 0.29) is 12.1 Å². The van der Waals surface area contributed by atoms with Crippen molar-refractivity contribution in [3.8, 4) is 16.9 Å². The van der Waals surface area contributed by atoms with Gasteiger partial charge < -0.3 is 5.32 Å². The van der Waals surface area contributed by atoms with E-state index in [1.165, 1.54) is 30.5 Å². The van der Waals surface area contributed by atoms with Crippen molar-refractivity contribution in [1.29, 1.82) is 0 Å². The second-order valence-corrected chi connectivity index (χ2v) is 7.06. The number of rotatable bonds is 7. The Kier molecular flexibility index (Phi) is 6.65. The van der Waals surface area contributed by atoms with E-state index in [9.17, 15) is 14.0 Å². The second kappa shape index (κ2) is 10.1. The Morgan fingerprint density at radius 3 is 2.30 bits per heavy atom. The van der Waals surface area contributed by atoms with Gasteiger partial charge in [-0.05, 0) is 36.4 Å². The van der Waals surface area contributed by atoms with Crippen molar-refractivity contribution in [2.24, 2.45) is 5.10 Å². The molecule has 0 saturated carbocycles. The fraction of sp³-hybridized carbons (Fsp3) is 0.0400. The molecule has 0 atom stereocenters. The zero-order chi connectivity index (χ0) is 23.0. The van der Waals surface area contributed by atoms with Crippen LogP contribution >= 0.6 is 0 Å². The van der Waals surface area contributed by atoms with Crippen molar-refractivity contribution in [2.75, 3.05) is 6.54 Å². The maximum Gasteiger partial charge on any atom is 0.259 e. The van der Waals surface area contributed by atoms with Crippen molar-refractivity contribution < 1.29 is 14.0 Å². The summed E-state index contributed by atoms with van der Waals surface area (Å²) in [5.41, 5.74) is 5.87.